The molecule has 1 heterocycles. The van der Waals surface area contributed by atoms with Gasteiger partial charge in [0.05, 0.1) is 6.20 Å². The summed E-state index contributed by atoms with van der Waals surface area (Å²) in [5.41, 5.74) is 2.02. The Hall–Kier alpha value is -2.67. The molecular weight excluding hydrogens is 282 g/mol. The molecule has 116 valence electrons. The molecule has 0 saturated heterocycles. The summed E-state index contributed by atoms with van der Waals surface area (Å²) in [6, 6.07) is 6.49. The van der Waals surface area contributed by atoms with Crippen LogP contribution in [0.15, 0.2) is 36.7 Å². The summed E-state index contributed by atoms with van der Waals surface area (Å²) in [5.74, 6) is -0.359. The van der Waals surface area contributed by atoms with Gasteiger partial charge in [-0.05, 0) is 25.2 Å². The Balaban J connectivity index is 2.11. The molecule has 0 saturated carbocycles. The van der Waals surface area contributed by atoms with E-state index < -0.39 is 6.04 Å². The molecule has 7 nitrogen and oxygen atoms in total. The third-order valence-corrected chi connectivity index (χ3v) is 3.06. The van der Waals surface area contributed by atoms with Crippen molar-refractivity contribution in [3.8, 4) is 0 Å². The van der Waals surface area contributed by atoms with Gasteiger partial charge < -0.3 is 16.0 Å². The predicted molar refractivity (Wildman–Crippen MR) is 84.4 cm³/mol. The molecule has 0 aliphatic rings. The fraction of sp³-hybridized carbons (Fsp3) is 0.267. The van der Waals surface area contributed by atoms with Crippen molar-refractivity contribution in [2.45, 2.75) is 13.0 Å². The number of hydrogen-bond donors (Lipinski definition) is 3. The van der Waals surface area contributed by atoms with E-state index in [1.807, 2.05) is 0 Å². The molecule has 3 N–H and O–H groups in total. The van der Waals surface area contributed by atoms with Crippen molar-refractivity contribution >= 4 is 23.2 Å². The molecule has 2 aromatic rings. The second-order valence-electron chi connectivity index (χ2n) is 4.92. The molecule has 7 heteroatoms. The Morgan fingerprint density at radius 1 is 1.23 bits per heavy atom. The number of aryl methyl sites for hydroxylation is 1. The zero-order chi connectivity index (χ0) is 16.1. The molecule has 1 aromatic heterocycles. The molecule has 2 rings (SSSR count). The molecule has 0 bridgehead atoms. The van der Waals surface area contributed by atoms with Crippen molar-refractivity contribution in [3.05, 3.63) is 42.2 Å². The molecule has 1 atom stereocenters. The minimum Gasteiger partial charge on any atom is -0.326 e. The number of rotatable bonds is 5. The van der Waals surface area contributed by atoms with Gasteiger partial charge in [-0.25, -0.2) is 0 Å². The van der Waals surface area contributed by atoms with Crippen LogP contribution in [0.4, 0.5) is 11.4 Å². The lowest BCUT2D eigenvalue weighted by molar-refractivity contribution is -0.118. The quantitative estimate of drug-likeness (QED) is 0.776. The molecule has 1 unspecified atom stereocenters. The van der Waals surface area contributed by atoms with E-state index in [2.05, 4.69) is 21.0 Å². The normalized spacial score (nSPS) is 11.8. The lowest BCUT2D eigenvalue weighted by Crippen LogP contribution is -2.30. The Bertz CT molecular complexity index is 680. The number of benzene rings is 1. The van der Waals surface area contributed by atoms with Crippen LogP contribution in [0.25, 0.3) is 0 Å². The van der Waals surface area contributed by atoms with Gasteiger partial charge in [-0.3, -0.25) is 14.3 Å². The lowest BCUT2D eigenvalue weighted by atomic mass is 10.1. The highest BCUT2D eigenvalue weighted by Crippen LogP contribution is 2.18. The molecule has 0 fully saturated rings. The predicted octanol–water partition coefficient (Wildman–Crippen LogP) is 1.28. The molecule has 22 heavy (non-hydrogen) atoms. The third-order valence-electron chi connectivity index (χ3n) is 3.06. The highest BCUT2D eigenvalue weighted by molar-refractivity contribution is 5.96. The summed E-state index contributed by atoms with van der Waals surface area (Å²) in [5, 5.41) is 12.5. The summed E-state index contributed by atoms with van der Waals surface area (Å²) < 4.78 is 1.64. The number of nitrogens with one attached hydrogen (secondary N) is 3. The average Bonchev–Trinajstić information content (AvgIpc) is 2.85. The van der Waals surface area contributed by atoms with Gasteiger partial charge in [0.15, 0.2) is 0 Å². The second-order valence-corrected chi connectivity index (χ2v) is 4.92. The Kier molecular flexibility index (Phi) is 4.90. The first-order valence-electron chi connectivity index (χ1n) is 6.84. The summed E-state index contributed by atoms with van der Waals surface area (Å²) in [7, 11) is 3.51. The van der Waals surface area contributed by atoms with Crippen LogP contribution in [0.3, 0.4) is 0 Å². The van der Waals surface area contributed by atoms with Gasteiger partial charge in [0.1, 0.15) is 6.04 Å². The number of hydrogen-bond acceptors (Lipinski definition) is 4. The largest absolute Gasteiger partial charge is 0.326 e. The van der Waals surface area contributed by atoms with Crippen molar-refractivity contribution in [2.24, 2.45) is 7.05 Å². The SMILES string of the molecule is CNC(C(=O)Nc1cccc(NC(C)=O)c1)c1cnn(C)c1. The van der Waals surface area contributed by atoms with E-state index >= 15 is 0 Å². The minimum atomic E-state index is -0.502. The highest BCUT2D eigenvalue weighted by Gasteiger charge is 2.20. The van der Waals surface area contributed by atoms with Crippen molar-refractivity contribution in [3.63, 3.8) is 0 Å². The standard InChI is InChI=1S/C15H19N5O2/c1-10(21)18-12-5-4-6-13(7-12)19-15(22)14(16-2)11-8-17-20(3)9-11/h4-9,14,16H,1-3H3,(H,18,21)(H,19,22). The van der Waals surface area contributed by atoms with E-state index in [1.165, 1.54) is 6.92 Å². The molecule has 0 radical (unpaired) electrons. The van der Waals surface area contributed by atoms with E-state index in [0.717, 1.165) is 5.56 Å². The molecule has 1 aromatic carbocycles. The molecule has 0 aliphatic carbocycles. The van der Waals surface area contributed by atoms with E-state index in [9.17, 15) is 9.59 Å². The molecule has 0 spiro atoms. The van der Waals surface area contributed by atoms with Crippen LogP contribution in [0.1, 0.15) is 18.5 Å². The summed E-state index contributed by atoms with van der Waals surface area (Å²) in [6.07, 6.45) is 3.43. The van der Waals surface area contributed by atoms with Crippen LogP contribution in [0.5, 0.6) is 0 Å². The van der Waals surface area contributed by atoms with Crippen molar-refractivity contribution < 1.29 is 9.59 Å². The van der Waals surface area contributed by atoms with Crippen molar-refractivity contribution in [1.29, 1.82) is 0 Å². The van der Waals surface area contributed by atoms with Crippen LogP contribution in [0.2, 0.25) is 0 Å². The first-order valence-corrected chi connectivity index (χ1v) is 6.84. The van der Waals surface area contributed by atoms with Crippen LogP contribution >= 0.6 is 0 Å². The zero-order valence-corrected chi connectivity index (χ0v) is 12.8. The summed E-state index contributed by atoms with van der Waals surface area (Å²) in [6.45, 7) is 1.44. The number of carbonyl (C=O) groups excluding carboxylic acids is 2. The fourth-order valence-corrected chi connectivity index (χ4v) is 2.13. The van der Waals surface area contributed by atoms with Crippen LogP contribution in [0, 0.1) is 0 Å². The van der Waals surface area contributed by atoms with Crippen LogP contribution in [-0.4, -0.2) is 28.6 Å². The maximum absolute atomic E-state index is 12.4. The van der Waals surface area contributed by atoms with Crippen LogP contribution in [-0.2, 0) is 16.6 Å². The number of nitrogens with zero attached hydrogens (tertiary/aromatic N) is 2. The highest BCUT2D eigenvalue weighted by atomic mass is 16.2. The van der Waals surface area contributed by atoms with Gasteiger partial charge in [-0.15, -0.1) is 0 Å². The number of aromatic nitrogens is 2. The van der Waals surface area contributed by atoms with Crippen molar-refractivity contribution in [1.82, 2.24) is 15.1 Å². The van der Waals surface area contributed by atoms with Gasteiger partial charge in [0.2, 0.25) is 11.8 Å². The Labute approximate surface area is 128 Å². The lowest BCUT2D eigenvalue weighted by Gasteiger charge is -2.15. The van der Waals surface area contributed by atoms with Crippen LogP contribution < -0.4 is 16.0 Å². The van der Waals surface area contributed by atoms with Gasteiger partial charge in [-0.1, -0.05) is 6.07 Å². The van der Waals surface area contributed by atoms with E-state index in [-0.39, 0.29) is 11.8 Å². The Morgan fingerprint density at radius 2 is 1.91 bits per heavy atom. The summed E-state index contributed by atoms with van der Waals surface area (Å²) >= 11 is 0. The maximum atomic E-state index is 12.4. The fourth-order valence-electron chi connectivity index (χ4n) is 2.13. The Morgan fingerprint density at radius 3 is 2.45 bits per heavy atom. The number of likely N-dealkylation sites (N-methyl/N-ethyl adjacent to an activating group) is 1. The topological polar surface area (TPSA) is 88.1 Å². The monoisotopic (exact) mass is 301 g/mol. The smallest absolute Gasteiger partial charge is 0.246 e. The molecular formula is C15H19N5O2. The number of amides is 2. The van der Waals surface area contributed by atoms with E-state index in [0.29, 0.717) is 11.4 Å². The van der Waals surface area contributed by atoms with Gasteiger partial charge >= 0.3 is 0 Å². The first-order chi connectivity index (χ1) is 10.5. The zero-order valence-electron chi connectivity index (χ0n) is 12.8. The third kappa shape index (κ3) is 3.92. The maximum Gasteiger partial charge on any atom is 0.246 e. The van der Waals surface area contributed by atoms with Crippen molar-refractivity contribution in [2.75, 3.05) is 17.7 Å². The van der Waals surface area contributed by atoms with E-state index in [1.54, 1.807) is 55.4 Å². The van der Waals surface area contributed by atoms with Gasteiger partial charge in [0.25, 0.3) is 0 Å². The second kappa shape index (κ2) is 6.86. The van der Waals surface area contributed by atoms with Gasteiger partial charge in [-0.2, -0.15) is 5.10 Å². The average molecular weight is 301 g/mol. The minimum absolute atomic E-state index is 0.160. The van der Waals surface area contributed by atoms with Gasteiger partial charge in [0, 0.05) is 37.1 Å². The van der Waals surface area contributed by atoms with E-state index in [4.69, 9.17) is 0 Å². The molecule has 2 amide bonds. The number of anilines is 2. The molecule has 0 aliphatic heterocycles. The number of carbonyl (C=O) groups is 2. The first kappa shape index (κ1) is 15.7. The summed E-state index contributed by atoms with van der Waals surface area (Å²) in [4.78, 5) is 23.5.